The predicted molar refractivity (Wildman–Crippen MR) is 101 cm³/mol. The number of ether oxygens (including phenoxy) is 2. The van der Waals surface area contributed by atoms with Crippen LogP contribution in [-0.2, 0) is 16.1 Å². The standard InChI is InChI=1S/C22H26O3/c1-3-5-13-24-15-16-9-7-10-17-18-11-8-12-19(21(18)20(16)17)22(23)25-14-6-4-2/h7-12H,3-6,13-15H2,1-2H3. The number of benzene rings is 2. The van der Waals surface area contributed by atoms with Gasteiger partial charge in [-0.25, -0.2) is 4.79 Å². The van der Waals surface area contributed by atoms with E-state index < -0.39 is 0 Å². The van der Waals surface area contributed by atoms with Crippen molar-refractivity contribution in [2.75, 3.05) is 13.2 Å². The first-order valence-electron chi connectivity index (χ1n) is 9.28. The molecule has 0 amide bonds. The van der Waals surface area contributed by atoms with Crippen molar-refractivity contribution in [3.8, 4) is 22.3 Å². The maximum atomic E-state index is 12.5. The molecule has 0 fully saturated rings. The number of esters is 1. The Kier molecular flexibility index (Phi) is 5.87. The molecule has 2 aromatic carbocycles. The fourth-order valence-corrected chi connectivity index (χ4v) is 3.21. The van der Waals surface area contributed by atoms with Gasteiger partial charge in [-0.15, -0.1) is 0 Å². The minimum atomic E-state index is -0.224. The third-order valence-electron chi connectivity index (χ3n) is 4.61. The average Bonchev–Trinajstić information content (AvgIpc) is 2.62. The van der Waals surface area contributed by atoms with Crippen LogP contribution in [0.2, 0.25) is 0 Å². The topological polar surface area (TPSA) is 35.5 Å². The van der Waals surface area contributed by atoms with Gasteiger partial charge in [0.15, 0.2) is 0 Å². The first kappa shape index (κ1) is 17.7. The van der Waals surface area contributed by atoms with Crippen LogP contribution < -0.4 is 0 Å². The minimum Gasteiger partial charge on any atom is -0.462 e. The Hall–Kier alpha value is -2.13. The monoisotopic (exact) mass is 338 g/mol. The van der Waals surface area contributed by atoms with Crippen LogP contribution in [-0.4, -0.2) is 19.2 Å². The molecule has 0 atom stereocenters. The van der Waals surface area contributed by atoms with Crippen molar-refractivity contribution in [2.24, 2.45) is 0 Å². The Balaban J connectivity index is 1.83. The van der Waals surface area contributed by atoms with E-state index in [1.807, 2.05) is 12.1 Å². The molecular formula is C22H26O3. The summed E-state index contributed by atoms with van der Waals surface area (Å²) in [6.45, 7) is 6.08. The van der Waals surface area contributed by atoms with Crippen LogP contribution in [0.1, 0.15) is 55.5 Å². The third kappa shape index (κ3) is 3.62. The predicted octanol–water partition coefficient (Wildman–Crippen LogP) is 5.61. The van der Waals surface area contributed by atoms with Crippen molar-refractivity contribution in [3.63, 3.8) is 0 Å². The van der Waals surface area contributed by atoms with Gasteiger partial charge in [-0.1, -0.05) is 57.0 Å². The Morgan fingerprint density at radius 1 is 0.880 bits per heavy atom. The quantitative estimate of drug-likeness (QED) is 0.376. The second-order valence-corrected chi connectivity index (χ2v) is 6.46. The van der Waals surface area contributed by atoms with Gasteiger partial charge in [-0.3, -0.25) is 0 Å². The molecule has 0 unspecified atom stereocenters. The molecule has 0 spiro atoms. The summed E-state index contributed by atoms with van der Waals surface area (Å²) in [7, 11) is 0. The number of rotatable bonds is 9. The van der Waals surface area contributed by atoms with E-state index in [2.05, 4.69) is 38.1 Å². The number of unbranched alkanes of at least 4 members (excludes halogenated alkanes) is 2. The zero-order valence-corrected chi connectivity index (χ0v) is 15.1. The summed E-state index contributed by atoms with van der Waals surface area (Å²) < 4.78 is 11.2. The molecule has 0 saturated heterocycles. The Morgan fingerprint density at radius 3 is 2.32 bits per heavy atom. The highest BCUT2D eigenvalue weighted by Gasteiger charge is 2.30. The van der Waals surface area contributed by atoms with E-state index in [9.17, 15) is 4.79 Å². The fourth-order valence-electron chi connectivity index (χ4n) is 3.21. The maximum absolute atomic E-state index is 12.5. The molecule has 0 saturated carbocycles. The molecule has 0 bridgehead atoms. The van der Waals surface area contributed by atoms with Crippen LogP contribution >= 0.6 is 0 Å². The van der Waals surface area contributed by atoms with E-state index in [4.69, 9.17) is 9.47 Å². The molecule has 0 heterocycles. The van der Waals surface area contributed by atoms with Gasteiger partial charge in [0.1, 0.15) is 0 Å². The van der Waals surface area contributed by atoms with E-state index >= 15 is 0 Å². The van der Waals surface area contributed by atoms with E-state index in [1.54, 1.807) is 0 Å². The summed E-state index contributed by atoms with van der Waals surface area (Å²) in [5.41, 5.74) is 6.33. The highest BCUT2D eigenvalue weighted by molar-refractivity contribution is 6.12. The van der Waals surface area contributed by atoms with Crippen molar-refractivity contribution >= 4 is 5.97 Å². The Morgan fingerprint density at radius 2 is 1.56 bits per heavy atom. The summed E-state index contributed by atoms with van der Waals surface area (Å²) in [5, 5.41) is 0. The zero-order chi connectivity index (χ0) is 17.6. The molecule has 2 aromatic rings. The van der Waals surface area contributed by atoms with Crippen molar-refractivity contribution in [2.45, 2.75) is 46.1 Å². The van der Waals surface area contributed by atoms with Crippen LogP contribution in [0.5, 0.6) is 0 Å². The van der Waals surface area contributed by atoms with E-state index in [0.717, 1.165) is 54.5 Å². The van der Waals surface area contributed by atoms with E-state index in [1.165, 1.54) is 5.56 Å². The van der Waals surface area contributed by atoms with Crippen LogP contribution in [0.25, 0.3) is 22.3 Å². The number of hydrogen-bond acceptors (Lipinski definition) is 3. The minimum absolute atomic E-state index is 0.224. The summed E-state index contributed by atoms with van der Waals surface area (Å²) >= 11 is 0. The average molecular weight is 338 g/mol. The van der Waals surface area contributed by atoms with E-state index in [0.29, 0.717) is 18.8 Å². The largest absolute Gasteiger partial charge is 0.462 e. The molecule has 3 nitrogen and oxygen atoms in total. The van der Waals surface area contributed by atoms with Crippen LogP contribution in [0.15, 0.2) is 36.4 Å². The second kappa shape index (κ2) is 8.30. The molecule has 0 N–H and O–H groups in total. The fraction of sp³-hybridized carbons (Fsp3) is 0.409. The van der Waals surface area contributed by atoms with Gasteiger partial charge >= 0.3 is 5.97 Å². The molecule has 3 rings (SSSR count). The molecular weight excluding hydrogens is 312 g/mol. The highest BCUT2D eigenvalue weighted by Crippen LogP contribution is 2.50. The van der Waals surface area contributed by atoms with Crippen molar-refractivity contribution in [1.29, 1.82) is 0 Å². The first-order valence-corrected chi connectivity index (χ1v) is 9.28. The van der Waals surface area contributed by atoms with Crippen LogP contribution in [0.4, 0.5) is 0 Å². The van der Waals surface area contributed by atoms with Crippen molar-refractivity contribution < 1.29 is 14.3 Å². The summed E-state index contributed by atoms with van der Waals surface area (Å²) in [5.74, 6) is -0.224. The van der Waals surface area contributed by atoms with Crippen molar-refractivity contribution in [1.82, 2.24) is 0 Å². The third-order valence-corrected chi connectivity index (χ3v) is 4.61. The first-order chi connectivity index (χ1) is 12.3. The summed E-state index contributed by atoms with van der Waals surface area (Å²) in [6, 6.07) is 12.1. The molecule has 25 heavy (non-hydrogen) atoms. The van der Waals surface area contributed by atoms with Crippen LogP contribution in [0, 0.1) is 0 Å². The highest BCUT2D eigenvalue weighted by atomic mass is 16.5. The molecule has 3 heteroatoms. The smallest absolute Gasteiger partial charge is 0.338 e. The Labute approximate surface area is 150 Å². The number of hydrogen-bond donors (Lipinski definition) is 0. The van der Waals surface area contributed by atoms with Gasteiger partial charge in [-0.05, 0) is 41.2 Å². The lowest BCUT2D eigenvalue weighted by atomic mass is 9.75. The summed E-state index contributed by atoms with van der Waals surface area (Å²) in [4.78, 5) is 12.5. The molecule has 0 aliphatic heterocycles. The molecule has 132 valence electrons. The zero-order valence-electron chi connectivity index (χ0n) is 15.1. The lowest BCUT2D eigenvalue weighted by molar-refractivity contribution is 0.0500. The number of carbonyl (C=O) groups excluding carboxylic acids is 1. The molecule has 0 radical (unpaired) electrons. The van der Waals surface area contributed by atoms with E-state index in [-0.39, 0.29) is 5.97 Å². The maximum Gasteiger partial charge on any atom is 0.338 e. The van der Waals surface area contributed by atoms with Gasteiger partial charge in [-0.2, -0.15) is 0 Å². The lowest BCUT2D eigenvalue weighted by Gasteiger charge is -2.28. The summed E-state index contributed by atoms with van der Waals surface area (Å²) in [6.07, 6.45) is 4.11. The van der Waals surface area contributed by atoms with Gasteiger partial charge in [0, 0.05) is 12.2 Å². The molecule has 1 aliphatic rings. The van der Waals surface area contributed by atoms with Gasteiger partial charge < -0.3 is 9.47 Å². The van der Waals surface area contributed by atoms with Gasteiger partial charge in [0.2, 0.25) is 0 Å². The number of fused-ring (bicyclic) bond motifs is 4. The molecule has 0 aromatic heterocycles. The SMILES string of the molecule is CCCCOCc1cccc2c1-c1c(C(=O)OCCCC)cccc1-2. The normalized spacial score (nSPS) is 11.4. The lowest BCUT2D eigenvalue weighted by Crippen LogP contribution is -2.13. The van der Waals surface area contributed by atoms with Gasteiger partial charge in [0.25, 0.3) is 0 Å². The Bertz CT molecular complexity index is 749. The second-order valence-electron chi connectivity index (χ2n) is 6.46. The molecule has 1 aliphatic carbocycles. The number of carbonyl (C=O) groups is 1. The van der Waals surface area contributed by atoms with Crippen LogP contribution in [0.3, 0.4) is 0 Å². The van der Waals surface area contributed by atoms with Crippen molar-refractivity contribution in [3.05, 3.63) is 47.5 Å². The van der Waals surface area contributed by atoms with Gasteiger partial charge in [0.05, 0.1) is 18.8 Å².